The maximum atomic E-state index is 5.90. The Morgan fingerprint density at radius 3 is 2.44 bits per heavy atom. The van der Waals surface area contributed by atoms with Crippen LogP contribution in [0.1, 0.15) is 36.5 Å². The highest BCUT2D eigenvalue weighted by Crippen LogP contribution is 2.18. The fourth-order valence-corrected chi connectivity index (χ4v) is 2.61. The molecule has 2 N–H and O–H groups in total. The molecule has 4 heteroatoms. The number of benzene rings is 2. The van der Waals surface area contributed by atoms with Gasteiger partial charge in [0.05, 0.1) is 19.8 Å². The lowest BCUT2D eigenvalue weighted by Gasteiger charge is -2.12. The molecular weight excluding hydrogens is 310 g/mol. The highest BCUT2D eigenvalue weighted by Gasteiger charge is 2.22. The number of hydrogen-bond acceptors (Lipinski definition) is 2. The third-order valence-electron chi connectivity index (χ3n) is 4.16. The van der Waals surface area contributed by atoms with E-state index in [1.54, 1.807) is 0 Å². The summed E-state index contributed by atoms with van der Waals surface area (Å²) >= 11 is 0. The van der Waals surface area contributed by atoms with Crippen molar-refractivity contribution in [3.05, 3.63) is 71.3 Å². The Labute approximate surface area is 150 Å². The molecule has 2 aromatic carbocycles. The summed E-state index contributed by atoms with van der Waals surface area (Å²) in [7, 11) is 0. The Hall–Kier alpha value is -2.33. The van der Waals surface area contributed by atoms with Crippen molar-refractivity contribution in [1.82, 2.24) is 10.6 Å². The summed E-state index contributed by atoms with van der Waals surface area (Å²) in [5.41, 5.74) is 3.61. The van der Waals surface area contributed by atoms with E-state index >= 15 is 0 Å². The number of aliphatic imine (C=N–C) groups is 1. The van der Waals surface area contributed by atoms with E-state index in [0.717, 1.165) is 12.5 Å². The predicted molar refractivity (Wildman–Crippen MR) is 102 cm³/mol. The van der Waals surface area contributed by atoms with Crippen molar-refractivity contribution in [2.24, 2.45) is 4.99 Å². The van der Waals surface area contributed by atoms with Gasteiger partial charge in [0.1, 0.15) is 0 Å². The lowest BCUT2D eigenvalue weighted by atomic mass is 10.1. The lowest BCUT2D eigenvalue weighted by Crippen LogP contribution is -2.38. The maximum Gasteiger partial charge on any atom is 0.191 e. The molecule has 0 unspecified atom stereocenters. The molecule has 0 atom stereocenters. The first-order valence-corrected chi connectivity index (χ1v) is 9.08. The fraction of sp³-hybridized carbons (Fsp3) is 0.381. The van der Waals surface area contributed by atoms with Gasteiger partial charge in [0, 0.05) is 12.6 Å². The molecule has 0 aromatic heterocycles. The second kappa shape index (κ2) is 9.23. The van der Waals surface area contributed by atoms with Gasteiger partial charge in [-0.3, -0.25) is 0 Å². The largest absolute Gasteiger partial charge is 0.372 e. The van der Waals surface area contributed by atoms with Crippen LogP contribution in [0.5, 0.6) is 0 Å². The van der Waals surface area contributed by atoms with Gasteiger partial charge in [-0.25, -0.2) is 4.99 Å². The Balaban J connectivity index is 1.57. The zero-order valence-electron chi connectivity index (χ0n) is 14.9. The van der Waals surface area contributed by atoms with Crippen LogP contribution in [0.15, 0.2) is 59.6 Å². The van der Waals surface area contributed by atoms with Crippen LogP contribution in [0.2, 0.25) is 0 Å². The van der Waals surface area contributed by atoms with E-state index in [-0.39, 0.29) is 0 Å². The third-order valence-corrected chi connectivity index (χ3v) is 4.16. The van der Waals surface area contributed by atoms with Gasteiger partial charge in [-0.05, 0) is 36.5 Å². The van der Waals surface area contributed by atoms with Gasteiger partial charge in [0.15, 0.2) is 5.96 Å². The molecule has 0 bridgehead atoms. The first-order valence-electron chi connectivity index (χ1n) is 9.08. The molecule has 2 aromatic rings. The Morgan fingerprint density at radius 1 is 1.00 bits per heavy atom. The van der Waals surface area contributed by atoms with Gasteiger partial charge in [0.25, 0.3) is 0 Å². The van der Waals surface area contributed by atoms with E-state index in [1.165, 1.54) is 29.5 Å². The van der Waals surface area contributed by atoms with E-state index in [2.05, 4.69) is 54.0 Å². The van der Waals surface area contributed by atoms with Gasteiger partial charge >= 0.3 is 0 Å². The van der Waals surface area contributed by atoms with E-state index < -0.39 is 0 Å². The summed E-state index contributed by atoms with van der Waals surface area (Å²) in [4.78, 5) is 4.73. The zero-order valence-corrected chi connectivity index (χ0v) is 14.9. The van der Waals surface area contributed by atoms with Crippen LogP contribution in [0.3, 0.4) is 0 Å². The molecule has 1 saturated carbocycles. The van der Waals surface area contributed by atoms with Crippen molar-refractivity contribution < 1.29 is 4.74 Å². The van der Waals surface area contributed by atoms with Crippen molar-refractivity contribution in [2.75, 3.05) is 6.54 Å². The summed E-state index contributed by atoms with van der Waals surface area (Å²) in [6.45, 7) is 4.86. The van der Waals surface area contributed by atoms with Crippen LogP contribution in [0.4, 0.5) is 0 Å². The molecule has 3 rings (SSSR count). The number of ether oxygens (including phenoxy) is 1. The summed E-state index contributed by atoms with van der Waals surface area (Å²) in [5, 5.41) is 6.77. The van der Waals surface area contributed by atoms with Gasteiger partial charge in [-0.1, -0.05) is 54.6 Å². The number of rotatable bonds is 8. The average molecular weight is 337 g/mol. The first-order chi connectivity index (χ1) is 12.3. The highest BCUT2D eigenvalue weighted by atomic mass is 16.5. The smallest absolute Gasteiger partial charge is 0.191 e. The molecule has 0 heterocycles. The van der Waals surface area contributed by atoms with Crippen molar-refractivity contribution in [2.45, 2.75) is 45.6 Å². The molecule has 132 valence electrons. The number of nitrogens with one attached hydrogen (secondary N) is 2. The summed E-state index contributed by atoms with van der Waals surface area (Å²) < 4.78 is 5.90. The Kier molecular flexibility index (Phi) is 6.46. The van der Waals surface area contributed by atoms with E-state index in [0.29, 0.717) is 25.8 Å². The molecule has 25 heavy (non-hydrogen) atoms. The second-order valence-corrected chi connectivity index (χ2v) is 6.36. The van der Waals surface area contributed by atoms with E-state index in [9.17, 15) is 0 Å². The minimum atomic E-state index is 0.599. The third kappa shape index (κ3) is 5.91. The van der Waals surface area contributed by atoms with Gasteiger partial charge in [-0.15, -0.1) is 0 Å². The van der Waals surface area contributed by atoms with Gasteiger partial charge in [-0.2, -0.15) is 0 Å². The summed E-state index contributed by atoms with van der Waals surface area (Å²) in [5.74, 6) is 0.907. The van der Waals surface area contributed by atoms with Crippen LogP contribution in [-0.4, -0.2) is 18.5 Å². The zero-order chi connectivity index (χ0) is 17.3. The van der Waals surface area contributed by atoms with Crippen LogP contribution >= 0.6 is 0 Å². The number of hydrogen-bond donors (Lipinski definition) is 2. The molecule has 0 amide bonds. The van der Waals surface area contributed by atoms with Crippen LogP contribution in [0, 0.1) is 0 Å². The lowest BCUT2D eigenvalue weighted by molar-refractivity contribution is 0.106. The Bertz CT molecular complexity index is 681. The normalized spacial score (nSPS) is 14.4. The van der Waals surface area contributed by atoms with E-state index in [4.69, 9.17) is 9.73 Å². The van der Waals surface area contributed by atoms with Crippen molar-refractivity contribution in [1.29, 1.82) is 0 Å². The molecule has 0 radical (unpaired) electrons. The van der Waals surface area contributed by atoms with Crippen molar-refractivity contribution >= 4 is 5.96 Å². The average Bonchev–Trinajstić information content (AvgIpc) is 3.46. The maximum absolute atomic E-state index is 5.90. The second-order valence-electron chi connectivity index (χ2n) is 6.36. The molecule has 0 saturated heterocycles. The number of nitrogens with zero attached hydrogens (tertiary/aromatic N) is 1. The SMILES string of the molecule is CCNC(=NCc1ccccc1COCc1ccccc1)NC1CC1. The van der Waals surface area contributed by atoms with Crippen LogP contribution in [-0.2, 0) is 24.5 Å². The van der Waals surface area contributed by atoms with Gasteiger partial charge in [0.2, 0.25) is 0 Å². The summed E-state index contributed by atoms with van der Waals surface area (Å²) in [6.07, 6.45) is 2.49. The molecule has 4 nitrogen and oxygen atoms in total. The minimum absolute atomic E-state index is 0.599. The molecule has 0 spiro atoms. The quantitative estimate of drug-likeness (QED) is 0.571. The van der Waals surface area contributed by atoms with Gasteiger partial charge < -0.3 is 15.4 Å². The summed E-state index contributed by atoms with van der Waals surface area (Å²) in [6, 6.07) is 19.2. The fourth-order valence-electron chi connectivity index (χ4n) is 2.61. The molecular formula is C21H27N3O. The molecule has 1 aliphatic rings. The topological polar surface area (TPSA) is 45.7 Å². The molecule has 1 aliphatic carbocycles. The standard InChI is InChI=1S/C21H27N3O/c1-2-22-21(24-20-12-13-20)23-14-18-10-6-7-11-19(18)16-25-15-17-8-4-3-5-9-17/h3-11,20H,2,12-16H2,1H3,(H2,22,23,24). The first kappa shape index (κ1) is 17.5. The van der Waals surface area contributed by atoms with Crippen molar-refractivity contribution in [3.8, 4) is 0 Å². The molecule has 0 aliphatic heterocycles. The monoisotopic (exact) mass is 337 g/mol. The number of guanidine groups is 1. The minimum Gasteiger partial charge on any atom is -0.372 e. The predicted octanol–water partition coefficient (Wildman–Crippen LogP) is 3.62. The van der Waals surface area contributed by atoms with Crippen LogP contribution in [0.25, 0.3) is 0 Å². The Morgan fingerprint density at radius 2 is 1.72 bits per heavy atom. The van der Waals surface area contributed by atoms with Crippen LogP contribution < -0.4 is 10.6 Å². The molecule has 1 fully saturated rings. The van der Waals surface area contributed by atoms with Crippen molar-refractivity contribution in [3.63, 3.8) is 0 Å². The highest BCUT2D eigenvalue weighted by molar-refractivity contribution is 5.80. The van der Waals surface area contributed by atoms with E-state index in [1.807, 2.05) is 18.2 Å².